The van der Waals surface area contributed by atoms with Gasteiger partial charge in [0.15, 0.2) is 11.6 Å². The van der Waals surface area contributed by atoms with Crippen LogP contribution in [0.4, 0.5) is 8.78 Å². The molecule has 2 heterocycles. The van der Waals surface area contributed by atoms with Crippen LogP contribution in [-0.4, -0.2) is 47.1 Å². The lowest BCUT2D eigenvalue weighted by molar-refractivity contribution is 0.0303. The third-order valence-corrected chi connectivity index (χ3v) is 5.81. The van der Waals surface area contributed by atoms with Gasteiger partial charge < -0.3 is 19.4 Å². The molecule has 178 valence electrons. The molecule has 0 bridgehead atoms. The first-order valence-electron chi connectivity index (χ1n) is 11.0. The molecule has 1 aliphatic rings. The van der Waals surface area contributed by atoms with Crippen molar-refractivity contribution in [3.8, 4) is 22.6 Å². The first kappa shape index (κ1) is 22.7. The van der Waals surface area contributed by atoms with Gasteiger partial charge in [-0.25, -0.2) is 13.8 Å². The van der Waals surface area contributed by atoms with Gasteiger partial charge in [0.25, 0.3) is 11.5 Å². The summed E-state index contributed by atoms with van der Waals surface area (Å²) >= 11 is 0. The number of aromatic nitrogens is 2. The summed E-state index contributed by atoms with van der Waals surface area (Å²) in [4.78, 5) is 33.9. The number of hydrogen-bond acceptors (Lipinski definition) is 5. The van der Waals surface area contributed by atoms with Crippen molar-refractivity contribution in [3.63, 3.8) is 0 Å². The minimum atomic E-state index is -0.849. The third kappa shape index (κ3) is 4.63. The number of amides is 1. The van der Waals surface area contributed by atoms with E-state index < -0.39 is 11.6 Å². The Kier molecular flexibility index (Phi) is 6.00. The Bertz CT molecular complexity index is 1500. The number of nitrogens with zero attached hydrogens (tertiary/aromatic N) is 2. The van der Waals surface area contributed by atoms with Gasteiger partial charge in [-0.3, -0.25) is 9.59 Å². The van der Waals surface area contributed by atoms with Crippen LogP contribution in [0.25, 0.3) is 22.2 Å². The summed E-state index contributed by atoms with van der Waals surface area (Å²) in [5, 5.41) is 0. The van der Waals surface area contributed by atoms with E-state index >= 15 is 0 Å². The molecule has 35 heavy (non-hydrogen) atoms. The number of benzene rings is 3. The number of morpholine rings is 1. The lowest BCUT2D eigenvalue weighted by Crippen LogP contribution is -2.40. The number of carbonyl (C=O) groups excluding carboxylic acids is 1. The smallest absolute Gasteiger partial charge is 0.269 e. The Morgan fingerprint density at radius 2 is 1.80 bits per heavy atom. The fourth-order valence-electron chi connectivity index (χ4n) is 3.94. The topological polar surface area (TPSA) is 84.5 Å². The highest BCUT2D eigenvalue weighted by Crippen LogP contribution is 2.36. The second-order valence-corrected chi connectivity index (χ2v) is 8.18. The SMILES string of the molecule is Cc1nc2cc(-c3cc(C(=O)N4CCOCC4)ccc3Oc3ccc(F)cc3F)ccc2[nH]c1=O. The predicted molar refractivity (Wildman–Crippen MR) is 126 cm³/mol. The molecule has 0 aliphatic carbocycles. The summed E-state index contributed by atoms with van der Waals surface area (Å²) < 4.78 is 38.9. The number of aryl methyl sites for hydroxylation is 1. The van der Waals surface area contributed by atoms with Crippen molar-refractivity contribution in [2.24, 2.45) is 0 Å². The molecular weight excluding hydrogens is 456 g/mol. The molecule has 1 N–H and O–H groups in total. The number of rotatable bonds is 4. The predicted octanol–water partition coefficient (Wildman–Crippen LogP) is 4.44. The van der Waals surface area contributed by atoms with Crippen molar-refractivity contribution in [2.75, 3.05) is 26.3 Å². The second kappa shape index (κ2) is 9.27. The van der Waals surface area contributed by atoms with Crippen LogP contribution < -0.4 is 10.3 Å². The van der Waals surface area contributed by atoms with E-state index in [1.165, 1.54) is 6.07 Å². The summed E-state index contributed by atoms with van der Waals surface area (Å²) in [6, 6.07) is 13.1. The fraction of sp³-hybridized carbons (Fsp3) is 0.192. The molecule has 1 aromatic heterocycles. The van der Waals surface area contributed by atoms with E-state index in [9.17, 15) is 18.4 Å². The van der Waals surface area contributed by atoms with Gasteiger partial charge >= 0.3 is 0 Å². The Morgan fingerprint density at radius 1 is 1.03 bits per heavy atom. The van der Waals surface area contributed by atoms with Crippen molar-refractivity contribution in [1.82, 2.24) is 14.9 Å². The van der Waals surface area contributed by atoms with Crippen LogP contribution in [0.3, 0.4) is 0 Å². The van der Waals surface area contributed by atoms with Gasteiger partial charge in [0, 0.05) is 30.3 Å². The van der Waals surface area contributed by atoms with E-state index in [2.05, 4.69) is 9.97 Å². The maximum absolute atomic E-state index is 14.3. The van der Waals surface area contributed by atoms with Crippen LogP contribution in [0.2, 0.25) is 0 Å². The van der Waals surface area contributed by atoms with Gasteiger partial charge in [-0.15, -0.1) is 0 Å². The van der Waals surface area contributed by atoms with Gasteiger partial charge in [0.2, 0.25) is 0 Å². The van der Waals surface area contributed by atoms with Crippen molar-refractivity contribution in [1.29, 1.82) is 0 Å². The standard InChI is InChI=1S/C26H21F2N3O4/c1-15-25(32)30-21-5-2-16(13-22(21)29-15)19-12-17(26(33)31-8-10-34-11-9-31)3-6-23(19)35-24-7-4-18(27)14-20(24)28/h2-7,12-14H,8-11H2,1H3,(H,30,32). The van der Waals surface area contributed by atoms with Crippen LogP contribution in [0.1, 0.15) is 16.1 Å². The number of H-pyrrole nitrogens is 1. The number of ether oxygens (including phenoxy) is 2. The van der Waals surface area contributed by atoms with Crippen molar-refractivity contribution < 1.29 is 23.0 Å². The number of hydrogen-bond donors (Lipinski definition) is 1. The molecule has 0 unspecified atom stereocenters. The zero-order valence-electron chi connectivity index (χ0n) is 18.8. The Morgan fingerprint density at radius 3 is 2.57 bits per heavy atom. The Hall–Kier alpha value is -4.11. The molecule has 3 aromatic carbocycles. The fourth-order valence-corrected chi connectivity index (χ4v) is 3.94. The molecule has 1 fully saturated rings. The summed E-state index contributed by atoms with van der Waals surface area (Å²) in [5.41, 5.74) is 2.72. The zero-order valence-corrected chi connectivity index (χ0v) is 18.8. The summed E-state index contributed by atoms with van der Waals surface area (Å²) in [5.74, 6) is -1.61. The number of aromatic amines is 1. The minimum absolute atomic E-state index is 0.154. The molecule has 0 radical (unpaired) electrons. The molecule has 5 rings (SSSR count). The average Bonchev–Trinajstić information content (AvgIpc) is 2.86. The second-order valence-electron chi connectivity index (χ2n) is 8.18. The Labute approximate surface area is 198 Å². The number of carbonyl (C=O) groups is 1. The normalized spacial score (nSPS) is 13.7. The number of nitrogens with one attached hydrogen (secondary N) is 1. The maximum Gasteiger partial charge on any atom is 0.269 e. The van der Waals surface area contributed by atoms with Crippen LogP contribution in [0.15, 0.2) is 59.4 Å². The maximum atomic E-state index is 14.3. The van der Waals surface area contributed by atoms with E-state index in [1.807, 2.05) is 0 Å². The molecule has 1 aliphatic heterocycles. The van der Waals surface area contributed by atoms with E-state index in [-0.39, 0.29) is 23.0 Å². The highest BCUT2D eigenvalue weighted by atomic mass is 19.1. The van der Waals surface area contributed by atoms with E-state index in [0.717, 1.165) is 12.1 Å². The molecule has 0 spiro atoms. The molecule has 1 saturated heterocycles. The summed E-state index contributed by atoms with van der Waals surface area (Å²) in [6.45, 7) is 3.52. The molecular formula is C26H21F2N3O4. The van der Waals surface area contributed by atoms with Crippen molar-refractivity contribution in [2.45, 2.75) is 6.92 Å². The average molecular weight is 477 g/mol. The molecule has 0 atom stereocenters. The molecule has 1 amide bonds. The first-order valence-corrected chi connectivity index (χ1v) is 11.0. The lowest BCUT2D eigenvalue weighted by atomic mass is 10.0. The van der Waals surface area contributed by atoms with Crippen LogP contribution in [0, 0.1) is 18.6 Å². The monoisotopic (exact) mass is 477 g/mol. The highest BCUT2D eigenvalue weighted by molar-refractivity contribution is 5.96. The summed E-state index contributed by atoms with van der Waals surface area (Å²) in [6.07, 6.45) is 0. The molecule has 7 nitrogen and oxygen atoms in total. The first-order chi connectivity index (χ1) is 16.9. The molecule has 0 saturated carbocycles. The number of halogens is 2. The minimum Gasteiger partial charge on any atom is -0.454 e. The van der Waals surface area contributed by atoms with Crippen molar-refractivity contribution >= 4 is 16.9 Å². The lowest BCUT2D eigenvalue weighted by Gasteiger charge is -2.27. The van der Waals surface area contributed by atoms with Gasteiger partial charge in [-0.05, 0) is 55.0 Å². The van der Waals surface area contributed by atoms with Crippen LogP contribution in [-0.2, 0) is 4.74 Å². The van der Waals surface area contributed by atoms with Gasteiger partial charge in [0.1, 0.15) is 17.3 Å². The van der Waals surface area contributed by atoms with E-state index in [1.54, 1.807) is 48.2 Å². The molecule has 9 heteroatoms. The van der Waals surface area contributed by atoms with Gasteiger partial charge in [0.05, 0.1) is 24.2 Å². The summed E-state index contributed by atoms with van der Waals surface area (Å²) in [7, 11) is 0. The van der Waals surface area contributed by atoms with E-state index in [0.29, 0.717) is 59.7 Å². The van der Waals surface area contributed by atoms with Gasteiger partial charge in [-0.2, -0.15) is 0 Å². The number of fused-ring (bicyclic) bond motifs is 1. The quantitative estimate of drug-likeness (QED) is 0.470. The third-order valence-electron chi connectivity index (χ3n) is 5.81. The molecule has 4 aromatic rings. The Balaban J connectivity index is 1.61. The van der Waals surface area contributed by atoms with Crippen LogP contribution in [0.5, 0.6) is 11.5 Å². The van der Waals surface area contributed by atoms with Crippen molar-refractivity contribution in [3.05, 3.63) is 87.8 Å². The van der Waals surface area contributed by atoms with Gasteiger partial charge in [-0.1, -0.05) is 6.07 Å². The van der Waals surface area contributed by atoms with E-state index in [4.69, 9.17) is 9.47 Å². The highest BCUT2D eigenvalue weighted by Gasteiger charge is 2.21. The van der Waals surface area contributed by atoms with Crippen LogP contribution >= 0.6 is 0 Å². The largest absolute Gasteiger partial charge is 0.454 e. The zero-order chi connectivity index (χ0) is 24.5.